The van der Waals surface area contributed by atoms with Crippen molar-refractivity contribution in [2.24, 2.45) is 22.2 Å². The van der Waals surface area contributed by atoms with Crippen molar-refractivity contribution in [1.82, 2.24) is 10.6 Å². The molecule has 4 rings (SSSR count). The normalized spacial score (nSPS) is 12.1. The second-order valence-electron chi connectivity index (χ2n) is 10.4. The Morgan fingerprint density at radius 1 is 0.773 bits per heavy atom. The Labute approximate surface area is 256 Å². The first-order valence-electron chi connectivity index (χ1n) is 14.2. The summed E-state index contributed by atoms with van der Waals surface area (Å²) in [6.07, 6.45) is 0.304. The van der Waals surface area contributed by atoms with E-state index in [0.29, 0.717) is 17.5 Å². The zero-order valence-electron chi connectivity index (χ0n) is 24.2. The third kappa shape index (κ3) is 8.45. The lowest BCUT2D eigenvalue weighted by atomic mass is 9.85. The zero-order chi connectivity index (χ0) is 31.5. The Morgan fingerprint density at radius 2 is 1.36 bits per heavy atom. The monoisotopic (exact) mass is 591 g/mol. The summed E-state index contributed by atoms with van der Waals surface area (Å²) in [5.41, 5.74) is 20.5. The summed E-state index contributed by atoms with van der Waals surface area (Å²) in [5, 5.41) is 23.6. The van der Waals surface area contributed by atoms with Crippen molar-refractivity contribution in [3.8, 4) is 5.75 Å². The molecule has 10 N–H and O–H groups in total. The van der Waals surface area contributed by atoms with Gasteiger partial charge in [-0.2, -0.15) is 0 Å². The van der Waals surface area contributed by atoms with E-state index in [4.69, 9.17) is 22.6 Å². The number of rotatable bonds is 13. The molecule has 0 saturated carbocycles. The van der Waals surface area contributed by atoms with Gasteiger partial charge in [0.05, 0.1) is 5.92 Å². The molecule has 10 nitrogen and oxygen atoms in total. The summed E-state index contributed by atoms with van der Waals surface area (Å²) < 4.78 is 0. The molecule has 0 bridgehead atoms. The van der Waals surface area contributed by atoms with Crippen molar-refractivity contribution in [3.63, 3.8) is 0 Å². The second kappa shape index (κ2) is 15.0. The average molecular weight is 592 g/mol. The summed E-state index contributed by atoms with van der Waals surface area (Å²) in [5.74, 6) is -2.16. The smallest absolute Gasteiger partial charge is 0.243 e. The maximum atomic E-state index is 14.2. The number of phenolic OH excluding ortho intramolecular Hbond substituents is 1. The predicted molar refractivity (Wildman–Crippen MR) is 172 cm³/mol. The molecule has 0 spiro atoms. The van der Waals surface area contributed by atoms with Crippen LogP contribution in [-0.4, -0.2) is 41.3 Å². The van der Waals surface area contributed by atoms with Gasteiger partial charge < -0.3 is 32.9 Å². The third-order valence-corrected chi connectivity index (χ3v) is 7.27. The number of guanidine groups is 1. The van der Waals surface area contributed by atoms with Crippen molar-refractivity contribution in [1.29, 1.82) is 5.41 Å². The quantitative estimate of drug-likeness (QED) is 0.0922. The number of phenols is 1. The molecule has 2 unspecified atom stereocenters. The van der Waals surface area contributed by atoms with Gasteiger partial charge in [-0.05, 0) is 46.9 Å². The highest BCUT2D eigenvalue weighted by Crippen LogP contribution is 2.29. The lowest BCUT2D eigenvalue weighted by molar-refractivity contribution is -0.130. The fourth-order valence-electron chi connectivity index (χ4n) is 5.08. The number of nitrogens with one attached hydrogen (secondary N) is 3. The van der Waals surface area contributed by atoms with Crippen LogP contribution in [0.25, 0.3) is 0 Å². The molecule has 226 valence electrons. The number of hydrogen-bond acceptors (Lipinski definition) is 5. The Hall–Kier alpha value is -5.64. The minimum atomic E-state index is -1.05. The predicted octanol–water partition coefficient (Wildman–Crippen LogP) is 3.06. The highest BCUT2D eigenvalue weighted by molar-refractivity contribution is 5.95. The summed E-state index contributed by atoms with van der Waals surface area (Å²) in [4.78, 5) is 32.4. The molecule has 2 amide bonds. The number of benzene rings is 4. The summed E-state index contributed by atoms with van der Waals surface area (Å²) >= 11 is 0. The Bertz CT molecular complexity index is 1550. The molecule has 2 atom stereocenters. The van der Waals surface area contributed by atoms with Crippen molar-refractivity contribution in [2.45, 2.75) is 30.8 Å². The van der Waals surface area contributed by atoms with Crippen LogP contribution in [0, 0.1) is 5.41 Å². The van der Waals surface area contributed by atoms with E-state index in [2.05, 4.69) is 15.6 Å². The number of carbonyl (C=O) groups is 2. The molecular weight excluding hydrogens is 554 g/mol. The highest BCUT2D eigenvalue weighted by atomic mass is 16.3. The standard InChI is InChI=1S/C34H37N7O3/c35-31(36)26-13-7-12-25(20-26)28(18-19-39-34(37)38)30(33(44)40-21-22-14-16-27(42)17-15-22)41-32(43)29(23-8-3-1-4-9-23)24-10-5-2-6-11-24/h1-17,20,28-30,42H,18-19,21H2,(H3,35,36)(H,40,44)(H,41,43)(H4,37,38,39). The Morgan fingerprint density at radius 3 is 1.93 bits per heavy atom. The molecule has 0 aromatic heterocycles. The molecule has 0 saturated heterocycles. The van der Waals surface area contributed by atoms with Gasteiger partial charge in [0.1, 0.15) is 17.6 Å². The van der Waals surface area contributed by atoms with Gasteiger partial charge in [-0.25, -0.2) is 0 Å². The van der Waals surface area contributed by atoms with Crippen LogP contribution in [0.5, 0.6) is 5.75 Å². The second-order valence-corrected chi connectivity index (χ2v) is 10.4. The Balaban J connectivity index is 1.74. The van der Waals surface area contributed by atoms with Gasteiger partial charge in [0.25, 0.3) is 0 Å². The molecule has 4 aromatic rings. The van der Waals surface area contributed by atoms with Crippen LogP contribution in [0.3, 0.4) is 0 Å². The molecule has 4 aromatic carbocycles. The van der Waals surface area contributed by atoms with Gasteiger partial charge in [-0.1, -0.05) is 91.0 Å². The number of carbonyl (C=O) groups excluding carboxylic acids is 2. The zero-order valence-corrected chi connectivity index (χ0v) is 24.2. The van der Waals surface area contributed by atoms with E-state index >= 15 is 0 Å². The van der Waals surface area contributed by atoms with E-state index in [9.17, 15) is 14.7 Å². The SMILES string of the molecule is N=C(N)c1cccc(C(CCN=C(N)N)C(NC(=O)C(c2ccccc2)c2ccccc2)C(=O)NCc2ccc(O)cc2)c1. The summed E-state index contributed by atoms with van der Waals surface area (Å²) in [7, 11) is 0. The lowest BCUT2D eigenvalue weighted by Crippen LogP contribution is -2.51. The van der Waals surface area contributed by atoms with E-state index in [-0.39, 0.29) is 36.5 Å². The maximum absolute atomic E-state index is 14.2. The number of aromatic hydroxyl groups is 1. The molecule has 0 aliphatic carbocycles. The molecule has 0 fully saturated rings. The number of hydrogen-bond donors (Lipinski definition) is 7. The topological polar surface area (TPSA) is 193 Å². The number of nitrogens with two attached hydrogens (primary N) is 3. The van der Waals surface area contributed by atoms with Crippen molar-refractivity contribution in [2.75, 3.05) is 6.54 Å². The van der Waals surface area contributed by atoms with Crippen LogP contribution >= 0.6 is 0 Å². The molecule has 0 heterocycles. The van der Waals surface area contributed by atoms with Crippen LogP contribution in [0.15, 0.2) is 114 Å². The minimum Gasteiger partial charge on any atom is -0.508 e. The van der Waals surface area contributed by atoms with Crippen LogP contribution in [0.4, 0.5) is 0 Å². The van der Waals surface area contributed by atoms with Gasteiger partial charge in [0.15, 0.2) is 5.96 Å². The van der Waals surface area contributed by atoms with Gasteiger partial charge in [-0.3, -0.25) is 20.0 Å². The van der Waals surface area contributed by atoms with E-state index in [1.807, 2.05) is 66.7 Å². The van der Waals surface area contributed by atoms with Gasteiger partial charge in [-0.15, -0.1) is 0 Å². The fraction of sp³-hybridized carbons (Fsp3) is 0.176. The first-order chi connectivity index (χ1) is 21.2. The van der Waals surface area contributed by atoms with Crippen LogP contribution in [-0.2, 0) is 16.1 Å². The average Bonchev–Trinajstić information content (AvgIpc) is 3.03. The number of aliphatic imine (C=N–C) groups is 1. The number of amidine groups is 1. The number of nitrogen functional groups attached to an aromatic ring is 1. The first-order valence-corrected chi connectivity index (χ1v) is 14.2. The Kier molecular flexibility index (Phi) is 10.7. The lowest BCUT2D eigenvalue weighted by Gasteiger charge is -2.30. The van der Waals surface area contributed by atoms with E-state index in [0.717, 1.165) is 16.7 Å². The highest BCUT2D eigenvalue weighted by Gasteiger charge is 2.34. The number of nitrogens with zero attached hydrogens (tertiary/aromatic N) is 1. The summed E-state index contributed by atoms with van der Waals surface area (Å²) in [6.45, 7) is 0.357. The molecule has 0 aliphatic rings. The van der Waals surface area contributed by atoms with Crippen molar-refractivity contribution in [3.05, 3.63) is 137 Å². The third-order valence-electron chi connectivity index (χ3n) is 7.27. The minimum absolute atomic E-state index is 0.0909. The maximum Gasteiger partial charge on any atom is 0.243 e. The van der Waals surface area contributed by atoms with Crippen LogP contribution in [0.1, 0.15) is 46.1 Å². The molecular formula is C34H37N7O3. The van der Waals surface area contributed by atoms with E-state index in [1.54, 1.807) is 30.3 Å². The van der Waals surface area contributed by atoms with Crippen LogP contribution < -0.4 is 27.8 Å². The van der Waals surface area contributed by atoms with Gasteiger partial charge in [0.2, 0.25) is 11.8 Å². The van der Waals surface area contributed by atoms with Crippen molar-refractivity contribution < 1.29 is 14.7 Å². The van der Waals surface area contributed by atoms with Gasteiger partial charge >= 0.3 is 0 Å². The van der Waals surface area contributed by atoms with Crippen molar-refractivity contribution >= 4 is 23.6 Å². The largest absolute Gasteiger partial charge is 0.508 e. The molecule has 0 aliphatic heterocycles. The van der Waals surface area contributed by atoms with Gasteiger partial charge in [0, 0.05) is 24.6 Å². The number of amides is 2. The fourth-order valence-corrected chi connectivity index (χ4v) is 5.08. The van der Waals surface area contributed by atoms with E-state index in [1.165, 1.54) is 12.1 Å². The molecule has 44 heavy (non-hydrogen) atoms. The first kappa shape index (κ1) is 31.3. The molecule has 0 radical (unpaired) electrons. The molecule has 10 heteroatoms. The van der Waals surface area contributed by atoms with Crippen LogP contribution in [0.2, 0.25) is 0 Å². The summed E-state index contributed by atoms with van der Waals surface area (Å²) in [6, 6.07) is 31.2. The van der Waals surface area contributed by atoms with E-state index < -0.39 is 23.8 Å².